The van der Waals surface area contributed by atoms with Crippen LogP contribution in [0.3, 0.4) is 0 Å². The highest BCUT2D eigenvalue weighted by molar-refractivity contribution is 4.81. The average molecular weight is 296 g/mol. The summed E-state index contributed by atoms with van der Waals surface area (Å²) in [5, 5.41) is 0. The van der Waals surface area contributed by atoms with Crippen molar-refractivity contribution in [1.82, 2.24) is 0 Å². The summed E-state index contributed by atoms with van der Waals surface area (Å²) in [5.41, 5.74) is 0. The molecule has 0 spiro atoms. The number of rotatable bonds is 16. The van der Waals surface area contributed by atoms with Crippen LogP contribution in [0.25, 0.3) is 0 Å². The van der Waals surface area contributed by atoms with Crippen molar-refractivity contribution in [1.29, 1.82) is 0 Å². The van der Waals surface area contributed by atoms with Crippen molar-refractivity contribution in [3.05, 3.63) is 24.3 Å². The van der Waals surface area contributed by atoms with Crippen molar-refractivity contribution in [2.45, 2.75) is 84.0 Å². The Labute approximate surface area is 132 Å². The van der Waals surface area contributed by atoms with Gasteiger partial charge in [0, 0.05) is 0 Å². The minimum absolute atomic E-state index is 0.653. The molecule has 0 aromatic carbocycles. The summed E-state index contributed by atoms with van der Waals surface area (Å²) in [4.78, 5) is 9.32. The van der Waals surface area contributed by atoms with Gasteiger partial charge in [-0.25, -0.2) is 9.78 Å². The van der Waals surface area contributed by atoms with E-state index in [1.165, 1.54) is 70.6 Å². The van der Waals surface area contributed by atoms with Gasteiger partial charge in [0.05, 0.1) is 13.7 Å². The van der Waals surface area contributed by atoms with Gasteiger partial charge in [0.2, 0.25) is 0 Å². The summed E-state index contributed by atoms with van der Waals surface area (Å²) in [6, 6.07) is 0. The lowest BCUT2D eigenvalue weighted by Crippen LogP contribution is -1.89. The van der Waals surface area contributed by atoms with Crippen LogP contribution < -0.4 is 0 Å². The first kappa shape index (κ1) is 20.4. The molecule has 0 unspecified atom stereocenters. The van der Waals surface area contributed by atoms with Gasteiger partial charge in [-0.1, -0.05) is 69.8 Å². The third-order valence-corrected chi connectivity index (χ3v) is 3.53. The van der Waals surface area contributed by atoms with Gasteiger partial charge in [-0.05, 0) is 38.5 Å². The second-order valence-corrected chi connectivity index (χ2v) is 5.56. The minimum Gasteiger partial charge on any atom is -0.240 e. The van der Waals surface area contributed by atoms with E-state index in [0.29, 0.717) is 6.61 Å². The van der Waals surface area contributed by atoms with Gasteiger partial charge in [-0.2, -0.15) is 0 Å². The Morgan fingerprint density at radius 2 is 1.10 bits per heavy atom. The van der Waals surface area contributed by atoms with Crippen molar-refractivity contribution >= 4 is 0 Å². The fourth-order valence-corrected chi connectivity index (χ4v) is 2.22. The highest BCUT2D eigenvalue weighted by atomic mass is 17.2. The molecule has 0 radical (unpaired) electrons. The van der Waals surface area contributed by atoms with Crippen LogP contribution in [-0.2, 0) is 9.78 Å². The molecule has 0 aliphatic heterocycles. The van der Waals surface area contributed by atoms with Crippen LogP contribution in [0, 0.1) is 0 Å². The van der Waals surface area contributed by atoms with Crippen molar-refractivity contribution in [3.8, 4) is 0 Å². The van der Waals surface area contributed by atoms with Crippen LogP contribution in [0.15, 0.2) is 24.3 Å². The Hall–Kier alpha value is -0.600. The second kappa shape index (κ2) is 19.4. The zero-order chi connectivity index (χ0) is 15.4. The highest BCUT2D eigenvalue weighted by Crippen LogP contribution is 2.09. The van der Waals surface area contributed by atoms with Crippen LogP contribution in [0.1, 0.15) is 84.0 Å². The zero-order valence-electron chi connectivity index (χ0n) is 14.3. The Morgan fingerprint density at radius 3 is 1.62 bits per heavy atom. The lowest BCUT2D eigenvalue weighted by atomic mass is 10.1. The standard InChI is InChI=1S/C19H36O2/c1-3-4-5-6-7-8-9-10-11-12-13-14-15-16-17-18-19-21-20-2/h6-7,16-17H,3-5,8-15,18-19H2,1-2H3/b7-6?,17-16+. The molecule has 124 valence electrons. The lowest BCUT2D eigenvalue weighted by molar-refractivity contribution is -0.271. The first-order valence-corrected chi connectivity index (χ1v) is 8.87. The van der Waals surface area contributed by atoms with Crippen LogP contribution in [0.4, 0.5) is 0 Å². The maximum Gasteiger partial charge on any atom is 0.0856 e. The molecule has 0 fully saturated rings. The molecule has 2 nitrogen and oxygen atoms in total. The normalized spacial score (nSPS) is 11.9. The molecule has 0 bridgehead atoms. The van der Waals surface area contributed by atoms with Crippen LogP contribution >= 0.6 is 0 Å². The molecule has 0 aliphatic rings. The molecular formula is C19H36O2. The minimum atomic E-state index is 0.653. The maximum absolute atomic E-state index is 4.80. The van der Waals surface area contributed by atoms with Crippen molar-refractivity contribution in [3.63, 3.8) is 0 Å². The number of hydrogen-bond donors (Lipinski definition) is 0. The number of allylic oxidation sites excluding steroid dienone is 3. The molecular weight excluding hydrogens is 260 g/mol. The van der Waals surface area contributed by atoms with E-state index in [1.54, 1.807) is 7.11 Å². The van der Waals surface area contributed by atoms with Gasteiger partial charge in [-0.15, -0.1) is 0 Å². The molecule has 21 heavy (non-hydrogen) atoms. The van der Waals surface area contributed by atoms with Gasteiger partial charge >= 0.3 is 0 Å². The number of hydrogen-bond acceptors (Lipinski definition) is 2. The molecule has 0 amide bonds. The second-order valence-electron chi connectivity index (χ2n) is 5.56. The predicted octanol–water partition coefficient (Wildman–Crippen LogP) is 6.38. The Bertz CT molecular complexity index is 234. The molecule has 0 saturated carbocycles. The molecule has 0 aliphatic carbocycles. The fraction of sp³-hybridized carbons (Fsp3) is 0.789. The smallest absolute Gasteiger partial charge is 0.0856 e. The SMILES string of the molecule is CCCCC=CCCCCCCCC/C=C/CCOOC. The van der Waals surface area contributed by atoms with Crippen molar-refractivity contribution in [2.75, 3.05) is 13.7 Å². The molecule has 0 saturated heterocycles. The van der Waals surface area contributed by atoms with E-state index >= 15 is 0 Å². The summed E-state index contributed by atoms with van der Waals surface area (Å²) < 4.78 is 0. The van der Waals surface area contributed by atoms with Crippen LogP contribution in [0.5, 0.6) is 0 Å². The highest BCUT2D eigenvalue weighted by Gasteiger charge is 1.90. The Kier molecular flexibility index (Phi) is 18.8. The summed E-state index contributed by atoms with van der Waals surface area (Å²) in [6.45, 7) is 2.90. The first-order valence-electron chi connectivity index (χ1n) is 8.87. The van der Waals surface area contributed by atoms with E-state index in [1.807, 2.05) is 0 Å². The van der Waals surface area contributed by atoms with E-state index in [2.05, 4.69) is 36.1 Å². The van der Waals surface area contributed by atoms with Gasteiger partial charge in [0.1, 0.15) is 0 Å². The number of unbranched alkanes of at least 4 members (excludes halogenated alkanes) is 9. The maximum atomic E-state index is 4.80. The Balaban J connectivity index is 3.07. The topological polar surface area (TPSA) is 18.5 Å². The van der Waals surface area contributed by atoms with Crippen LogP contribution in [-0.4, -0.2) is 13.7 Å². The molecule has 0 rings (SSSR count). The van der Waals surface area contributed by atoms with Gasteiger partial charge in [0.15, 0.2) is 0 Å². The molecule has 0 aromatic heterocycles. The van der Waals surface area contributed by atoms with E-state index in [0.717, 1.165) is 6.42 Å². The first-order chi connectivity index (χ1) is 10.4. The Morgan fingerprint density at radius 1 is 0.619 bits per heavy atom. The van der Waals surface area contributed by atoms with Gasteiger partial charge in [-0.3, -0.25) is 0 Å². The quantitative estimate of drug-likeness (QED) is 0.142. The molecule has 2 heteroatoms. The van der Waals surface area contributed by atoms with E-state index in [4.69, 9.17) is 4.89 Å². The largest absolute Gasteiger partial charge is 0.240 e. The lowest BCUT2D eigenvalue weighted by Gasteiger charge is -1.99. The van der Waals surface area contributed by atoms with Crippen molar-refractivity contribution < 1.29 is 9.78 Å². The molecule has 0 N–H and O–H groups in total. The van der Waals surface area contributed by atoms with E-state index < -0.39 is 0 Å². The van der Waals surface area contributed by atoms with Crippen LogP contribution in [0.2, 0.25) is 0 Å². The predicted molar refractivity (Wildman–Crippen MR) is 92.3 cm³/mol. The fourth-order valence-electron chi connectivity index (χ4n) is 2.22. The molecule has 0 aromatic rings. The molecule has 0 heterocycles. The summed E-state index contributed by atoms with van der Waals surface area (Å²) in [6.07, 6.45) is 24.7. The van der Waals surface area contributed by atoms with Gasteiger partial charge in [0.25, 0.3) is 0 Å². The molecule has 0 atom stereocenters. The monoisotopic (exact) mass is 296 g/mol. The summed E-state index contributed by atoms with van der Waals surface area (Å²) in [7, 11) is 1.55. The third-order valence-electron chi connectivity index (χ3n) is 3.53. The summed E-state index contributed by atoms with van der Waals surface area (Å²) in [5.74, 6) is 0. The van der Waals surface area contributed by atoms with E-state index in [-0.39, 0.29) is 0 Å². The van der Waals surface area contributed by atoms with Crippen molar-refractivity contribution in [2.24, 2.45) is 0 Å². The third kappa shape index (κ3) is 19.4. The van der Waals surface area contributed by atoms with Gasteiger partial charge < -0.3 is 0 Å². The van der Waals surface area contributed by atoms with E-state index in [9.17, 15) is 0 Å². The zero-order valence-corrected chi connectivity index (χ0v) is 14.3. The summed E-state index contributed by atoms with van der Waals surface area (Å²) >= 11 is 0. The average Bonchev–Trinajstić information content (AvgIpc) is 2.50.